The quantitative estimate of drug-likeness (QED) is 0.444. The molecule has 0 radical (unpaired) electrons. The van der Waals surface area contributed by atoms with E-state index < -0.39 is 4.92 Å². The molecular formula is C14H11BrClNO3. The lowest BCUT2D eigenvalue weighted by molar-refractivity contribution is -0.385. The van der Waals surface area contributed by atoms with E-state index in [9.17, 15) is 10.1 Å². The van der Waals surface area contributed by atoms with Crippen molar-refractivity contribution in [1.82, 2.24) is 0 Å². The Bertz CT molecular complexity index is 634. The summed E-state index contributed by atoms with van der Waals surface area (Å²) in [6, 6.07) is 12.0. The Kier molecular flexibility index (Phi) is 4.98. The van der Waals surface area contributed by atoms with Gasteiger partial charge >= 0.3 is 0 Å². The fraction of sp³-hybridized carbons (Fsp3) is 0.143. The minimum atomic E-state index is -0.414. The largest absolute Gasteiger partial charge is 0.488 e. The van der Waals surface area contributed by atoms with Crippen LogP contribution in [-0.2, 0) is 12.5 Å². The number of alkyl halides is 1. The number of rotatable bonds is 5. The molecule has 104 valence electrons. The molecule has 2 rings (SSSR count). The average Bonchev–Trinajstić information content (AvgIpc) is 2.46. The topological polar surface area (TPSA) is 52.4 Å². The summed E-state index contributed by atoms with van der Waals surface area (Å²) in [7, 11) is 0. The first kappa shape index (κ1) is 14.8. The Morgan fingerprint density at radius 2 is 1.95 bits per heavy atom. The molecule has 0 heterocycles. The number of para-hydroxylation sites is 1. The van der Waals surface area contributed by atoms with Crippen molar-refractivity contribution in [3.8, 4) is 5.75 Å². The highest BCUT2D eigenvalue weighted by Crippen LogP contribution is 2.27. The Balaban J connectivity index is 2.19. The van der Waals surface area contributed by atoms with Crippen molar-refractivity contribution in [2.24, 2.45) is 0 Å². The van der Waals surface area contributed by atoms with Crippen LogP contribution in [0.2, 0.25) is 0 Å². The second-order valence-corrected chi connectivity index (χ2v) is 5.24. The van der Waals surface area contributed by atoms with Crippen molar-refractivity contribution in [2.45, 2.75) is 12.5 Å². The van der Waals surface area contributed by atoms with Crippen LogP contribution in [0.5, 0.6) is 5.75 Å². The highest BCUT2D eigenvalue weighted by Gasteiger charge is 2.13. The minimum absolute atomic E-state index is 0.0528. The van der Waals surface area contributed by atoms with Crippen LogP contribution in [0.3, 0.4) is 0 Å². The van der Waals surface area contributed by atoms with Crippen molar-refractivity contribution in [3.63, 3.8) is 0 Å². The van der Waals surface area contributed by atoms with Gasteiger partial charge in [-0.1, -0.05) is 28.1 Å². The second-order valence-electron chi connectivity index (χ2n) is 4.06. The molecule has 0 atom stereocenters. The third kappa shape index (κ3) is 3.49. The Morgan fingerprint density at radius 1 is 1.20 bits per heavy atom. The van der Waals surface area contributed by atoms with E-state index in [2.05, 4.69) is 15.9 Å². The minimum Gasteiger partial charge on any atom is -0.488 e. The van der Waals surface area contributed by atoms with Crippen molar-refractivity contribution in [2.75, 3.05) is 0 Å². The Labute approximate surface area is 129 Å². The Hall–Kier alpha value is -1.59. The predicted octanol–water partition coefficient (Wildman–Crippen LogP) is 4.68. The van der Waals surface area contributed by atoms with Gasteiger partial charge in [0.25, 0.3) is 5.69 Å². The lowest BCUT2D eigenvalue weighted by Crippen LogP contribution is -2.01. The van der Waals surface area contributed by atoms with Crippen molar-refractivity contribution >= 4 is 33.2 Å². The summed E-state index contributed by atoms with van der Waals surface area (Å²) < 4.78 is 6.56. The summed E-state index contributed by atoms with van der Waals surface area (Å²) in [6.45, 7) is 0.128. The Morgan fingerprint density at radius 3 is 2.65 bits per heavy atom. The molecule has 0 aromatic heterocycles. The molecule has 0 saturated carbocycles. The monoisotopic (exact) mass is 355 g/mol. The number of nitrogens with zero attached hydrogens (tertiary/aromatic N) is 1. The zero-order valence-corrected chi connectivity index (χ0v) is 12.7. The number of nitro groups is 1. The molecule has 0 aliphatic rings. The van der Waals surface area contributed by atoms with Gasteiger partial charge in [0.1, 0.15) is 12.4 Å². The fourth-order valence-electron chi connectivity index (χ4n) is 1.76. The summed E-state index contributed by atoms with van der Waals surface area (Å²) in [5.74, 6) is 0.937. The summed E-state index contributed by atoms with van der Waals surface area (Å²) in [4.78, 5) is 10.5. The fourth-order valence-corrected chi connectivity index (χ4v) is 2.38. The van der Waals surface area contributed by atoms with Gasteiger partial charge in [0.2, 0.25) is 0 Å². The van der Waals surface area contributed by atoms with Crippen LogP contribution in [0.25, 0.3) is 0 Å². The molecule has 0 aliphatic carbocycles. The number of hydrogen-bond donors (Lipinski definition) is 0. The van der Waals surface area contributed by atoms with Gasteiger partial charge in [0, 0.05) is 16.1 Å². The summed E-state index contributed by atoms with van der Waals surface area (Å²) in [5.41, 5.74) is 1.41. The molecule has 0 bridgehead atoms. The highest BCUT2D eigenvalue weighted by molar-refractivity contribution is 9.10. The molecule has 2 aromatic rings. The SMILES string of the molecule is O=[N+]([O-])c1ccccc1COc1ccc(Br)cc1CCl. The number of benzene rings is 2. The molecule has 0 spiro atoms. The normalized spacial score (nSPS) is 10.3. The van der Waals surface area contributed by atoms with E-state index in [0.717, 1.165) is 10.0 Å². The molecular weight excluding hydrogens is 346 g/mol. The van der Waals surface area contributed by atoms with E-state index in [0.29, 0.717) is 17.2 Å². The molecule has 0 fully saturated rings. The maximum absolute atomic E-state index is 10.9. The number of nitro benzene ring substituents is 1. The van der Waals surface area contributed by atoms with Crippen LogP contribution < -0.4 is 4.74 Å². The van der Waals surface area contributed by atoms with Crippen LogP contribution in [0.1, 0.15) is 11.1 Å². The molecule has 0 N–H and O–H groups in total. The first-order valence-electron chi connectivity index (χ1n) is 5.81. The van der Waals surface area contributed by atoms with Crippen LogP contribution in [-0.4, -0.2) is 4.92 Å². The van der Waals surface area contributed by atoms with Gasteiger partial charge in [-0.15, -0.1) is 11.6 Å². The van der Waals surface area contributed by atoms with E-state index in [4.69, 9.17) is 16.3 Å². The first-order valence-corrected chi connectivity index (χ1v) is 7.14. The lowest BCUT2D eigenvalue weighted by atomic mass is 10.2. The first-order chi connectivity index (χ1) is 9.61. The maximum atomic E-state index is 10.9. The van der Waals surface area contributed by atoms with E-state index in [1.807, 2.05) is 12.1 Å². The molecule has 6 heteroatoms. The highest BCUT2D eigenvalue weighted by atomic mass is 79.9. The number of ether oxygens (including phenoxy) is 1. The van der Waals surface area contributed by atoms with E-state index >= 15 is 0 Å². The molecule has 0 aliphatic heterocycles. The molecule has 0 saturated heterocycles. The summed E-state index contributed by atoms with van der Waals surface area (Å²) >= 11 is 9.22. The van der Waals surface area contributed by atoms with Gasteiger partial charge in [-0.2, -0.15) is 0 Å². The average molecular weight is 357 g/mol. The second kappa shape index (κ2) is 6.72. The van der Waals surface area contributed by atoms with Crippen LogP contribution in [0.4, 0.5) is 5.69 Å². The maximum Gasteiger partial charge on any atom is 0.276 e. The molecule has 0 amide bonds. The van der Waals surface area contributed by atoms with Crippen molar-refractivity contribution < 1.29 is 9.66 Å². The third-order valence-electron chi connectivity index (χ3n) is 2.74. The zero-order chi connectivity index (χ0) is 14.5. The number of halogens is 2. The van der Waals surface area contributed by atoms with Crippen molar-refractivity contribution in [1.29, 1.82) is 0 Å². The van der Waals surface area contributed by atoms with E-state index in [1.165, 1.54) is 6.07 Å². The molecule has 20 heavy (non-hydrogen) atoms. The van der Waals surface area contributed by atoms with Crippen LogP contribution >= 0.6 is 27.5 Å². The summed E-state index contributed by atoms with van der Waals surface area (Å²) in [5, 5.41) is 10.9. The predicted molar refractivity (Wildman–Crippen MR) is 81.1 cm³/mol. The molecule has 2 aromatic carbocycles. The van der Waals surface area contributed by atoms with E-state index in [1.54, 1.807) is 24.3 Å². The van der Waals surface area contributed by atoms with Gasteiger partial charge in [-0.25, -0.2) is 0 Å². The van der Waals surface area contributed by atoms with Gasteiger partial charge in [0.05, 0.1) is 16.4 Å². The van der Waals surface area contributed by atoms with E-state index in [-0.39, 0.29) is 12.3 Å². The van der Waals surface area contributed by atoms with Gasteiger partial charge in [-0.05, 0) is 24.3 Å². The van der Waals surface area contributed by atoms with Crippen LogP contribution in [0, 0.1) is 10.1 Å². The van der Waals surface area contributed by atoms with Crippen LogP contribution in [0.15, 0.2) is 46.9 Å². The standard InChI is InChI=1S/C14H11BrClNO3/c15-12-5-6-14(11(7-12)8-16)20-9-10-3-1-2-4-13(10)17(18)19/h1-7H,8-9H2. The van der Waals surface area contributed by atoms with Gasteiger partial charge in [0.15, 0.2) is 0 Å². The summed E-state index contributed by atoms with van der Waals surface area (Å²) in [6.07, 6.45) is 0. The third-order valence-corrected chi connectivity index (χ3v) is 3.52. The van der Waals surface area contributed by atoms with Crippen molar-refractivity contribution in [3.05, 3.63) is 68.2 Å². The van der Waals surface area contributed by atoms with Gasteiger partial charge < -0.3 is 4.74 Å². The van der Waals surface area contributed by atoms with Gasteiger partial charge in [-0.3, -0.25) is 10.1 Å². The molecule has 0 unspecified atom stereocenters. The number of hydrogen-bond acceptors (Lipinski definition) is 3. The smallest absolute Gasteiger partial charge is 0.276 e. The lowest BCUT2D eigenvalue weighted by Gasteiger charge is -2.10. The zero-order valence-electron chi connectivity index (χ0n) is 10.4. The molecule has 4 nitrogen and oxygen atoms in total.